The van der Waals surface area contributed by atoms with Crippen LogP contribution in [0, 0.1) is 0 Å². The number of allylic oxidation sites excluding steroid dienone is 1. The third-order valence-electron chi connectivity index (χ3n) is 3.54. The van der Waals surface area contributed by atoms with E-state index in [2.05, 4.69) is 24.1 Å². The van der Waals surface area contributed by atoms with E-state index in [4.69, 9.17) is 4.74 Å². The van der Waals surface area contributed by atoms with Crippen LogP contribution in [0.15, 0.2) is 30.5 Å². The van der Waals surface area contributed by atoms with Crippen molar-refractivity contribution in [1.82, 2.24) is 0 Å². The molecule has 1 amide bonds. The molecule has 0 aliphatic heterocycles. The highest BCUT2D eigenvalue weighted by Gasteiger charge is 2.17. The quantitative estimate of drug-likeness (QED) is 0.290. The molecule has 3 N–H and O–H groups in total. The summed E-state index contributed by atoms with van der Waals surface area (Å²) in [6, 6.07) is 4.95. The largest absolute Gasteiger partial charge is 0.506 e. The minimum absolute atomic E-state index is 0.0124. The number of phenolic OH excluding ortho intramolecular Hbond substituents is 1. The van der Waals surface area contributed by atoms with Gasteiger partial charge in [0, 0.05) is 11.4 Å². The molecular weight excluding hydrogens is 316 g/mol. The van der Waals surface area contributed by atoms with Gasteiger partial charge in [-0.25, -0.2) is 4.79 Å². The molecule has 0 radical (unpaired) electrons. The maximum atomic E-state index is 11.9. The lowest BCUT2D eigenvalue weighted by Gasteiger charge is -2.20. The van der Waals surface area contributed by atoms with E-state index in [-0.39, 0.29) is 5.75 Å². The van der Waals surface area contributed by atoms with E-state index in [0.717, 1.165) is 24.2 Å². The van der Waals surface area contributed by atoms with Crippen LogP contribution in [0.1, 0.15) is 66.2 Å². The molecule has 5 heteroatoms. The summed E-state index contributed by atoms with van der Waals surface area (Å²) in [4.78, 5) is 11.9. The van der Waals surface area contributed by atoms with Crippen molar-refractivity contribution < 1.29 is 14.6 Å². The van der Waals surface area contributed by atoms with Gasteiger partial charge in [-0.1, -0.05) is 39.2 Å². The molecule has 0 saturated carbocycles. The second-order valence-electron chi connectivity index (χ2n) is 7.25. The summed E-state index contributed by atoms with van der Waals surface area (Å²) in [5.41, 5.74) is 1.39. The molecule has 0 unspecified atom stereocenters. The summed E-state index contributed by atoms with van der Waals surface area (Å²) in [7, 11) is 0. The van der Waals surface area contributed by atoms with Crippen LogP contribution < -0.4 is 10.6 Å². The molecule has 1 aromatic rings. The molecule has 0 atom stereocenters. The number of carbonyl (C=O) groups excluding carboxylic acids is 1. The summed E-state index contributed by atoms with van der Waals surface area (Å²) in [5.74, 6) is -0.0124. The van der Waals surface area contributed by atoms with E-state index in [1.54, 1.807) is 32.9 Å². The van der Waals surface area contributed by atoms with Gasteiger partial charge in [-0.05, 0) is 51.8 Å². The van der Waals surface area contributed by atoms with Gasteiger partial charge in [-0.15, -0.1) is 0 Å². The Balaban J connectivity index is 2.56. The van der Waals surface area contributed by atoms with Crippen LogP contribution in [-0.4, -0.2) is 16.8 Å². The Hall–Kier alpha value is -2.17. The van der Waals surface area contributed by atoms with Crippen molar-refractivity contribution >= 4 is 17.5 Å². The topological polar surface area (TPSA) is 70.6 Å². The number of benzene rings is 1. The van der Waals surface area contributed by atoms with Gasteiger partial charge in [0.2, 0.25) is 0 Å². The summed E-state index contributed by atoms with van der Waals surface area (Å²) in [5, 5.41) is 15.7. The number of anilines is 2. The zero-order valence-electron chi connectivity index (χ0n) is 15.9. The second kappa shape index (κ2) is 9.97. The Bertz CT molecular complexity index is 577. The number of phenols is 1. The zero-order valence-corrected chi connectivity index (χ0v) is 15.9. The first-order valence-electron chi connectivity index (χ1n) is 8.99. The van der Waals surface area contributed by atoms with E-state index in [1.807, 2.05) is 0 Å². The molecule has 25 heavy (non-hydrogen) atoms. The first kappa shape index (κ1) is 20.9. The first-order chi connectivity index (χ1) is 11.7. The molecule has 0 bridgehead atoms. The van der Waals surface area contributed by atoms with Gasteiger partial charge in [0.1, 0.15) is 11.4 Å². The fraction of sp³-hybridized carbons (Fsp3) is 0.550. The predicted molar refractivity (Wildman–Crippen MR) is 104 cm³/mol. The second-order valence-corrected chi connectivity index (χ2v) is 7.25. The van der Waals surface area contributed by atoms with Crippen molar-refractivity contribution in [3.8, 4) is 5.75 Å². The summed E-state index contributed by atoms with van der Waals surface area (Å²) in [6.07, 6.45) is 6.38. The van der Waals surface area contributed by atoms with Crippen LogP contribution in [-0.2, 0) is 4.74 Å². The average molecular weight is 348 g/mol. The first-order valence-corrected chi connectivity index (χ1v) is 8.99. The lowest BCUT2D eigenvalue weighted by Crippen LogP contribution is -2.27. The normalized spacial score (nSPS) is 11.0. The number of rotatable bonds is 9. The highest BCUT2D eigenvalue weighted by molar-refractivity contribution is 5.88. The molecule has 0 saturated heterocycles. The summed E-state index contributed by atoms with van der Waals surface area (Å²) < 4.78 is 5.20. The molecule has 0 fully saturated rings. The van der Waals surface area contributed by atoms with Gasteiger partial charge < -0.3 is 15.2 Å². The van der Waals surface area contributed by atoms with Crippen LogP contribution in [0.25, 0.3) is 0 Å². The number of hydrogen-bond acceptors (Lipinski definition) is 4. The molecule has 140 valence electrons. The van der Waals surface area contributed by atoms with Gasteiger partial charge >= 0.3 is 6.09 Å². The number of aromatic hydroxyl groups is 1. The van der Waals surface area contributed by atoms with Gasteiger partial charge in [0.25, 0.3) is 0 Å². The monoisotopic (exact) mass is 348 g/mol. The number of carbonyl (C=O) groups is 1. The average Bonchev–Trinajstić information content (AvgIpc) is 2.48. The number of amides is 1. The molecule has 0 aromatic heterocycles. The highest BCUT2D eigenvalue weighted by atomic mass is 16.6. The fourth-order valence-corrected chi connectivity index (χ4v) is 2.34. The Morgan fingerprint density at radius 2 is 1.84 bits per heavy atom. The molecular formula is C20H32N2O3. The number of nitrogens with one attached hydrogen (secondary N) is 2. The van der Waals surface area contributed by atoms with Crippen LogP contribution in [0.3, 0.4) is 0 Å². The molecule has 5 nitrogen and oxygen atoms in total. The Morgan fingerprint density at radius 3 is 2.48 bits per heavy atom. The number of unbranched alkanes of at least 4 members (excludes halogenated alkanes) is 4. The SMILES string of the molecule is C=C(CCCCCCC)Nc1ccc(O)c(NC(=O)OC(C)(C)C)c1. The fourth-order valence-electron chi connectivity index (χ4n) is 2.34. The summed E-state index contributed by atoms with van der Waals surface area (Å²) >= 11 is 0. The van der Waals surface area contributed by atoms with Crippen molar-refractivity contribution in [3.05, 3.63) is 30.5 Å². The smallest absolute Gasteiger partial charge is 0.412 e. The van der Waals surface area contributed by atoms with Gasteiger partial charge in [0.15, 0.2) is 0 Å². The van der Waals surface area contributed by atoms with Crippen LogP contribution >= 0.6 is 0 Å². The highest BCUT2D eigenvalue weighted by Crippen LogP contribution is 2.28. The van der Waals surface area contributed by atoms with Crippen molar-refractivity contribution in [2.45, 2.75) is 71.8 Å². The van der Waals surface area contributed by atoms with Crippen molar-refractivity contribution in [2.75, 3.05) is 10.6 Å². The van der Waals surface area contributed by atoms with Gasteiger partial charge in [-0.2, -0.15) is 0 Å². The molecule has 0 spiro atoms. The molecule has 1 rings (SSSR count). The van der Waals surface area contributed by atoms with Crippen molar-refractivity contribution in [2.24, 2.45) is 0 Å². The molecule has 1 aromatic carbocycles. The van der Waals surface area contributed by atoms with E-state index in [1.165, 1.54) is 31.7 Å². The lowest BCUT2D eigenvalue weighted by atomic mass is 10.1. The van der Waals surface area contributed by atoms with Crippen LogP contribution in [0.5, 0.6) is 5.75 Å². The third kappa shape index (κ3) is 9.03. The standard InChI is InChI=1S/C20H32N2O3/c1-6-7-8-9-10-11-15(2)21-16-12-13-18(23)17(14-16)22-19(24)25-20(3,4)5/h12-14,21,23H,2,6-11H2,1,3-5H3,(H,22,24). The van der Waals surface area contributed by atoms with Crippen molar-refractivity contribution in [1.29, 1.82) is 0 Å². The Kier molecular flexibility index (Phi) is 8.32. The van der Waals surface area contributed by atoms with Gasteiger partial charge in [-0.3, -0.25) is 5.32 Å². The van der Waals surface area contributed by atoms with E-state index in [9.17, 15) is 9.90 Å². The van der Waals surface area contributed by atoms with E-state index in [0.29, 0.717) is 5.69 Å². The van der Waals surface area contributed by atoms with Gasteiger partial charge in [0.05, 0.1) is 5.69 Å². The summed E-state index contributed by atoms with van der Waals surface area (Å²) in [6.45, 7) is 11.6. The predicted octanol–water partition coefficient (Wildman–Crippen LogP) is 6.03. The maximum Gasteiger partial charge on any atom is 0.412 e. The van der Waals surface area contributed by atoms with E-state index >= 15 is 0 Å². The van der Waals surface area contributed by atoms with Crippen molar-refractivity contribution in [3.63, 3.8) is 0 Å². The molecule has 0 aliphatic carbocycles. The third-order valence-corrected chi connectivity index (χ3v) is 3.54. The zero-order chi connectivity index (χ0) is 18.9. The van der Waals surface area contributed by atoms with Crippen LogP contribution in [0.2, 0.25) is 0 Å². The molecule has 0 heterocycles. The Labute approximate surface area is 151 Å². The Morgan fingerprint density at radius 1 is 1.16 bits per heavy atom. The number of ether oxygens (including phenoxy) is 1. The number of hydrogen-bond donors (Lipinski definition) is 3. The molecule has 0 aliphatic rings. The minimum atomic E-state index is -0.602. The van der Waals surface area contributed by atoms with E-state index < -0.39 is 11.7 Å². The lowest BCUT2D eigenvalue weighted by molar-refractivity contribution is 0.0635. The minimum Gasteiger partial charge on any atom is -0.506 e. The van der Waals surface area contributed by atoms with Crippen LogP contribution in [0.4, 0.5) is 16.2 Å². The maximum absolute atomic E-state index is 11.9.